The largest absolute Gasteiger partial charge is 0.494 e. The first-order chi connectivity index (χ1) is 7.77. The van der Waals surface area contributed by atoms with Crippen molar-refractivity contribution < 1.29 is 14.3 Å². The molecule has 0 atom stereocenters. The van der Waals surface area contributed by atoms with Crippen LogP contribution in [0.1, 0.15) is 17.3 Å². The molecule has 1 aromatic rings. The lowest BCUT2D eigenvalue weighted by Crippen LogP contribution is -2.26. The van der Waals surface area contributed by atoms with Gasteiger partial charge in [-0.25, -0.2) is 0 Å². The third-order valence-corrected chi connectivity index (χ3v) is 2.00. The summed E-state index contributed by atoms with van der Waals surface area (Å²) in [5.74, 6) is 0.598. The zero-order valence-electron chi connectivity index (χ0n) is 9.66. The van der Waals surface area contributed by atoms with Crippen molar-refractivity contribution in [3.8, 4) is 5.75 Å². The number of carbonyl (C=O) groups excluding carboxylic acids is 1. The topological polar surface area (TPSA) is 47.6 Å². The second-order valence-corrected chi connectivity index (χ2v) is 3.21. The van der Waals surface area contributed by atoms with Gasteiger partial charge in [0.05, 0.1) is 13.2 Å². The van der Waals surface area contributed by atoms with Gasteiger partial charge in [0.2, 0.25) is 0 Å². The zero-order chi connectivity index (χ0) is 11.8. The number of hydrogen-bond acceptors (Lipinski definition) is 3. The summed E-state index contributed by atoms with van der Waals surface area (Å²) in [5, 5.41) is 2.75. The highest BCUT2D eigenvalue weighted by molar-refractivity contribution is 5.94. The fourth-order valence-electron chi connectivity index (χ4n) is 1.26. The highest BCUT2D eigenvalue weighted by Gasteiger charge is 2.05. The Hall–Kier alpha value is -1.55. The maximum Gasteiger partial charge on any atom is 0.251 e. The van der Waals surface area contributed by atoms with Gasteiger partial charge < -0.3 is 14.8 Å². The lowest BCUT2D eigenvalue weighted by Gasteiger charge is -2.06. The average molecular weight is 223 g/mol. The van der Waals surface area contributed by atoms with Crippen LogP contribution < -0.4 is 10.1 Å². The van der Waals surface area contributed by atoms with Crippen LogP contribution in [0.25, 0.3) is 0 Å². The molecule has 0 spiro atoms. The van der Waals surface area contributed by atoms with Crippen molar-refractivity contribution in [1.29, 1.82) is 0 Å². The van der Waals surface area contributed by atoms with Crippen LogP contribution >= 0.6 is 0 Å². The Balaban J connectivity index is 2.57. The molecule has 16 heavy (non-hydrogen) atoms. The number of benzene rings is 1. The molecule has 0 fully saturated rings. The number of rotatable bonds is 6. The van der Waals surface area contributed by atoms with Crippen LogP contribution in [0.5, 0.6) is 5.75 Å². The van der Waals surface area contributed by atoms with Crippen molar-refractivity contribution in [3.63, 3.8) is 0 Å². The molecular formula is C12H17NO3. The molecule has 0 aliphatic rings. The van der Waals surface area contributed by atoms with Crippen LogP contribution in [-0.2, 0) is 4.74 Å². The summed E-state index contributed by atoms with van der Waals surface area (Å²) in [6, 6.07) is 7.11. The molecule has 0 unspecified atom stereocenters. The van der Waals surface area contributed by atoms with E-state index in [2.05, 4.69) is 5.32 Å². The summed E-state index contributed by atoms with van der Waals surface area (Å²) in [4.78, 5) is 11.7. The Bertz CT molecular complexity index is 339. The van der Waals surface area contributed by atoms with Crippen molar-refractivity contribution >= 4 is 5.91 Å². The molecule has 0 aliphatic heterocycles. The third kappa shape index (κ3) is 3.90. The predicted octanol–water partition coefficient (Wildman–Crippen LogP) is 1.46. The second kappa shape index (κ2) is 6.85. The monoisotopic (exact) mass is 223 g/mol. The Kier molecular flexibility index (Phi) is 5.36. The SMILES string of the molecule is CCOc1cccc(C(=O)NCCOC)c1. The van der Waals surface area contributed by atoms with Crippen molar-refractivity contribution in [2.24, 2.45) is 0 Å². The maximum atomic E-state index is 11.7. The smallest absolute Gasteiger partial charge is 0.251 e. The molecule has 88 valence electrons. The van der Waals surface area contributed by atoms with Crippen LogP contribution in [-0.4, -0.2) is 32.8 Å². The third-order valence-electron chi connectivity index (χ3n) is 2.00. The fourth-order valence-corrected chi connectivity index (χ4v) is 1.26. The first-order valence-corrected chi connectivity index (χ1v) is 5.28. The van der Waals surface area contributed by atoms with Gasteiger partial charge in [-0.05, 0) is 25.1 Å². The minimum atomic E-state index is -0.112. The molecule has 0 saturated heterocycles. The molecular weight excluding hydrogens is 206 g/mol. The summed E-state index contributed by atoms with van der Waals surface area (Å²) >= 11 is 0. The number of methoxy groups -OCH3 is 1. The van der Waals surface area contributed by atoms with Crippen LogP contribution in [0, 0.1) is 0 Å². The van der Waals surface area contributed by atoms with Gasteiger partial charge in [0.15, 0.2) is 0 Å². The van der Waals surface area contributed by atoms with Crippen LogP contribution in [0.4, 0.5) is 0 Å². The Morgan fingerprint density at radius 3 is 2.94 bits per heavy atom. The van der Waals surface area contributed by atoms with E-state index in [0.29, 0.717) is 31.1 Å². The van der Waals surface area contributed by atoms with Crippen LogP contribution in [0.2, 0.25) is 0 Å². The highest BCUT2D eigenvalue weighted by Crippen LogP contribution is 2.12. The molecule has 4 nitrogen and oxygen atoms in total. The predicted molar refractivity (Wildman–Crippen MR) is 61.8 cm³/mol. The molecule has 0 bridgehead atoms. The lowest BCUT2D eigenvalue weighted by atomic mass is 10.2. The summed E-state index contributed by atoms with van der Waals surface area (Å²) in [5.41, 5.74) is 0.599. The molecule has 0 saturated carbocycles. The highest BCUT2D eigenvalue weighted by atomic mass is 16.5. The van der Waals surface area contributed by atoms with Gasteiger partial charge in [-0.3, -0.25) is 4.79 Å². The number of nitrogens with one attached hydrogen (secondary N) is 1. The molecule has 1 N–H and O–H groups in total. The second-order valence-electron chi connectivity index (χ2n) is 3.21. The first kappa shape index (κ1) is 12.5. The van der Waals surface area contributed by atoms with E-state index in [1.54, 1.807) is 25.3 Å². The van der Waals surface area contributed by atoms with Crippen LogP contribution in [0.15, 0.2) is 24.3 Å². The normalized spacial score (nSPS) is 9.88. The summed E-state index contributed by atoms with van der Waals surface area (Å²) in [7, 11) is 1.60. The minimum Gasteiger partial charge on any atom is -0.494 e. The van der Waals surface area contributed by atoms with Crippen molar-refractivity contribution in [1.82, 2.24) is 5.32 Å². The molecule has 0 heterocycles. The van der Waals surface area contributed by atoms with Gasteiger partial charge >= 0.3 is 0 Å². The standard InChI is InChI=1S/C12H17NO3/c1-3-16-11-6-4-5-10(9-11)12(14)13-7-8-15-2/h4-6,9H,3,7-8H2,1-2H3,(H,13,14). The van der Waals surface area contributed by atoms with E-state index in [1.165, 1.54) is 0 Å². The van der Waals surface area contributed by atoms with Gasteiger partial charge in [-0.1, -0.05) is 6.07 Å². The number of amides is 1. The molecule has 1 amide bonds. The van der Waals surface area contributed by atoms with Gasteiger partial charge in [-0.2, -0.15) is 0 Å². The molecule has 0 aliphatic carbocycles. The summed E-state index contributed by atoms with van der Waals surface area (Å²) < 4.78 is 10.2. The molecule has 4 heteroatoms. The molecule has 0 aromatic heterocycles. The quantitative estimate of drug-likeness (QED) is 0.743. The average Bonchev–Trinajstić information content (AvgIpc) is 2.30. The minimum absolute atomic E-state index is 0.112. The number of carbonyl (C=O) groups is 1. The van der Waals surface area contributed by atoms with E-state index in [9.17, 15) is 4.79 Å². The number of hydrogen-bond donors (Lipinski definition) is 1. The van der Waals surface area contributed by atoms with Gasteiger partial charge in [-0.15, -0.1) is 0 Å². The van der Waals surface area contributed by atoms with E-state index in [-0.39, 0.29) is 5.91 Å². The Morgan fingerprint density at radius 1 is 1.44 bits per heavy atom. The lowest BCUT2D eigenvalue weighted by molar-refractivity contribution is 0.0936. The zero-order valence-corrected chi connectivity index (χ0v) is 9.66. The van der Waals surface area contributed by atoms with E-state index in [4.69, 9.17) is 9.47 Å². The van der Waals surface area contributed by atoms with Crippen molar-refractivity contribution in [2.45, 2.75) is 6.92 Å². The molecule has 1 rings (SSSR count). The van der Waals surface area contributed by atoms with Crippen molar-refractivity contribution in [3.05, 3.63) is 29.8 Å². The van der Waals surface area contributed by atoms with E-state index < -0.39 is 0 Å². The summed E-state index contributed by atoms with van der Waals surface area (Å²) in [6.45, 7) is 3.52. The first-order valence-electron chi connectivity index (χ1n) is 5.28. The maximum absolute atomic E-state index is 11.7. The van der Waals surface area contributed by atoms with E-state index >= 15 is 0 Å². The van der Waals surface area contributed by atoms with Crippen molar-refractivity contribution in [2.75, 3.05) is 26.9 Å². The summed E-state index contributed by atoms with van der Waals surface area (Å²) in [6.07, 6.45) is 0. The molecule has 0 radical (unpaired) electrons. The van der Waals surface area contributed by atoms with E-state index in [0.717, 1.165) is 0 Å². The number of ether oxygens (including phenoxy) is 2. The fraction of sp³-hybridized carbons (Fsp3) is 0.417. The van der Waals surface area contributed by atoms with E-state index in [1.807, 2.05) is 13.0 Å². The van der Waals surface area contributed by atoms with Gasteiger partial charge in [0.1, 0.15) is 5.75 Å². The molecule has 1 aromatic carbocycles. The Labute approximate surface area is 95.6 Å². The Morgan fingerprint density at radius 2 is 2.25 bits per heavy atom. The van der Waals surface area contributed by atoms with Crippen LogP contribution in [0.3, 0.4) is 0 Å². The van der Waals surface area contributed by atoms with Gasteiger partial charge in [0, 0.05) is 19.2 Å². The van der Waals surface area contributed by atoms with Gasteiger partial charge in [0.25, 0.3) is 5.91 Å².